The number of alkyl halides is 3. The Morgan fingerprint density at radius 2 is 1.32 bits per heavy atom. The summed E-state index contributed by atoms with van der Waals surface area (Å²) in [5.74, 6) is -5.48. The lowest BCUT2D eigenvalue weighted by Gasteiger charge is -2.12. The van der Waals surface area contributed by atoms with Gasteiger partial charge in [-0.3, -0.25) is 0 Å². The SMILES string of the molecule is CCCOc1cc(F)c(CCc2ccc3c(F)c(CCc4cc(F)c(OCC(F)(F)F)c(F)c4)ccc3c2)c(F)c1. The molecule has 0 aromatic heterocycles. The quantitative estimate of drug-likeness (QED) is 0.165. The van der Waals surface area contributed by atoms with Gasteiger partial charge in [0.25, 0.3) is 0 Å². The Bertz CT molecular complexity index is 1490. The molecule has 0 radical (unpaired) electrons. The fourth-order valence-corrected chi connectivity index (χ4v) is 4.45. The third kappa shape index (κ3) is 7.68. The predicted octanol–water partition coefficient (Wildman–Crippen LogP) is 8.84. The Morgan fingerprint density at radius 1 is 0.659 bits per heavy atom. The number of ether oxygens (including phenoxy) is 2. The maximum Gasteiger partial charge on any atom is 0.422 e. The highest BCUT2D eigenvalue weighted by atomic mass is 19.4. The van der Waals surface area contributed by atoms with Crippen LogP contribution in [0.2, 0.25) is 0 Å². The zero-order valence-electron chi connectivity index (χ0n) is 22.0. The fourth-order valence-electron chi connectivity index (χ4n) is 4.45. The van der Waals surface area contributed by atoms with Gasteiger partial charge in [0.15, 0.2) is 24.0 Å². The van der Waals surface area contributed by atoms with E-state index < -0.39 is 47.6 Å². The summed E-state index contributed by atoms with van der Waals surface area (Å²) < 4.78 is 119. The van der Waals surface area contributed by atoms with Crippen LogP contribution >= 0.6 is 0 Å². The van der Waals surface area contributed by atoms with E-state index in [2.05, 4.69) is 4.74 Å². The lowest BCUT2D eigenvalue weighted by molar-refractivity contribution is -0.154. The molecule has 0 fully saturated rings. The molecule has 0 bridgehead atoms. The van der Waals surface area contributed by atoms with Crippen molar-refractivity contribution in [3.8, 4) is 11.5 Å². The average molecular weight is 583 g/mol. The second kappa shape index (κ2) is 12.8. The van der Waals surface area contributed by atoms with Gasteiger partial charge in [0.2, 0.25) is 0 Å². The van der Waals surface area contributed by atoms with Crippen LogP contribution in [0.3, 0.4) is 0 Å². The molecule has 0 saturated carbocycles. The summed E-state index contributed by atoms with van der Waals surface area (Å²) in [5.41, 5.74) is 1.08. The lowest BCUT2D eigenvalue weighted by atomic mass is 9.97. The molecule has 0 aliphatic heterocycles. The van der Waals surface area contributed by atoms with Crippen molar-refractivity contribution in [3.05, 3.63) is 106 Å². The number of rotatable bonds is 11. The van der Waals surface area contributed by atoms with Crippen LogP contribution in [0.25, 0.3) is 10.8 Å². The van der Waals surface area contributed by atoms with Crippen LogP contribution < -0.4 is 9.47 Å². The molecule has 0 aliphatic rings. The van der Waals surface area contributed by atoms with Gasteiger partial charge in [-0.1, -0.05) is 37.3 Å². The Kier molecular flexibility index (Phi) is 9.40. The minimum atomic E-state index is -4.75. The van der Waals surface area contributed by atoms with Crippen molar-refractivity contribution in [2.45, 2.75) is 45.2 Å². The maximum absolute atomic E-state index is 15.2. The van der Waals surface area contributed by atoms with Gasteiger partial charge in [0.05, 0.1) is 6.61 Å². The molecule has 0 heterocycles. The zero-order valence-corrected chi connectivity index (χ0v) is 22.0. The van der Waals surface area contributed by atoms with Crippen molar-refractivity contribution in [1.82, 2.24) is 0 Å². The second-order valence-corrected chi connectivity index (χ2v) is 9.60. The molecule has 41 heavy (non-hydrogen) atoms. The van der Waals surface area contributed by atoms with Crippen molar-refractivity contribution in [2.24, 2.45) is 0 Å². The van der Waals surface area contributed by atoms with Crippen LogP contribution in [0.5, 0.6) is 11.5 Å². The van der Waals surface area contributed by atoms with Crippen molar-refractivity contribution in [3.63, 3.8) is 0 Å². The molecule has 4 rings (SSSR count). The van der Waals surface area contributed by atoms with E-state index in [9.17, 15) is 30.7 Å². The molecule has 10 heteroatoms. The Hall–Kier alpha value is -3.82. The van der Waals surface area contributed by atoms with E-state index in [4.69, 9.17) is 4.74 Å². The van der Waals surface area contributed by atoms with Crippen molar-refractivity contribution < 1.29 is 44.6 Å². The lowest BCUT2D eigenvalue weighted by Crippen LogP contribution is -2.20. The number of hydrogen-bond donors (Lipinski definition) is 0. The van der Waals surface area contributed by atoms with Gasteiger partial charge in [0, 0.05) is 23.1 Å². The first kappa shape index (κ1) is 30.1. The largest absolute Gasteiger partial charge is 0.493 e. The highest BCUT2D eigenvalue weighted by Gasteiger charge is 2.30. The van der Waals surface area contributed by atoms with Gasteiger partial charge in [-0.05, 0) is 66.3 Å². The van der Waals surface area contributed by atoms with E-state index in [0.717, 1.165) is 29.8 Å². The molecule has 2 nitrogen and oxygen atoms in total. The van der Waals surface area contributed by atoms with Gasteiger partial charge in [-0.2, -0.15) is 13.2 Å². The molecule has 218 valence electrons. The standard InChI is InChI=1S/C31H26F8O2/c1-2-11-40-22-15-25(32)24(26(33)16-22)10-5-18-4-9-23-21(12-18)8-7-20(29(23)36)6-3-19-13-27(34)30(28(35)14-19)41-17-31(37,38)39/h4,7-9,12-16H,2-3,5-6,10-11,17H2,1H3. The summed E-state index contributed by atoms with van der Waals surface area (Å²) in [7, 11) is 0. The molecule has 0 spiro atoms. The van der Waals surface area contributed by atoms with E-state index in [1.807, 2.05) is 6.92 Å². The number of benzene rings is 4. The summed E-state index contributed by atoms with van der Waals surface area (Å²) in [6, 6.07) is 12.2. The topological polar surface area (TPSA) is 18.5 Å². The van der Waals surface area contributed by atoms with E-state index in [1.54, 1.807) is 24.3 Å². The van der Waals surface area contributed by atoms with E-state index >= 15 is 4.39 Å². The Balaban J connectivity index is 1.43. The summed E-state index contributed by atoms with van der Waals surface area (Å²) in [4.78, 5) is 0. The molecular weight excluding hydrogens is 556 g/mol. The monoisotopic (exact) mass is 582 g/mol. The molecule has 4 aromatic carbocycles. The third-order valence-corrected chi connectivity index (χ3v) is 6.47. The molecule has 4 aromatic rings. The molecule has 0 atom stereocenters. The predicted molar refractivity (Wildman–Crippen MR) is 139 cm³/mol. The van der Waals surface area contributed by atoms with E-state index in [1.165, 1.54) is 6.07 Å². The summed E-state index contributed by atoms with van der Waals surface area (Å²) >= 11 is 0. The number of fused-ring (bicyclic) bond motifs is 1. The van der Waals surface area contributed by atoms with Crippen LogP contribution in [-0.2, 0) is 25.7 Å². The molecule has 0 saturated heterocycles. The first-order valence-corrected chi connectivity index (χ1v) is 12.9. The molecule has 0 unspecified atom stereocenters. The normalized spacial score (nSPS) is 11.7. The second-order valence-electron chi connectivity index (χ2n) is 9.60. The number of hydrogen-bond acceptors (Lipinski definition) is 2. The van der Waals surface area contributed by atoms with Crippen molar-refractivity contribution in [2.75, 3.05) is 13.2 Å². The fraction of sp³-hybridized carbons (Fsp3) is 0.290. The Morgan fingerprint density at radius 3 is 1.95 bits per heavy atom. The first-order chi connectivity index (χ1) is 19.4. The van der Waals surface area contributed by atoms with Gasteiger partial charge in [-0.15, -0.1) is 0 Å². The van der Waals surface area contributed by atoms with E-state index in [0.29, 0.717) is 30.2 Å². The minimum absolute atomic E-state index is 0.0211. The van der Waals surface area contributed by atoms with Crippen LogP contribution in [0, 0.1) is 29.1 Å². The van der Waals surface area contributed by atoms with Crippen LogP contribution in [0.4, 0.5) is 35.1 Å². The molecule has 0 N–H and O–H groups in total. The van der Waals surface area contributed by atoms with Gasteiger partial charge < -0.3 is 9.47 Å². The average Bonchev–Trinajstić information content (AvgIpc) is 2.90. The first-order valence-electron chi connectivity index (χ1n) is 12.9. The third-order valence-electron chi connectivity index (χ3n) is 6.47. The van der Waals surface area contributed by atoms with Gasteiger partial charge >= 0.3 is 6.18 Å². The minimum Gasteiger partial charge on any atom is -0.493 e. The van der Waals surface area contributed by atoms with Gasteiger partial charge in [-0.25, -0.2) is 22.0 Å². The summed E-state index contributed by atoms with van der Waals surface area (Å²) in [6.45, 7) is 0.398. The van der Waals surface area contributed by atoms with Gasteiger partial charge in [0.1, 0.15) is 23.2 Å². The maximum atomic E-state index is 15.2. The smallest absolute Gasteiger partial charge is 0.422 e. The molecule has 0 amide bonds. The van der Waals surface area contributed by atoms with Crippen LogP contribution in [0.15, 0.2) is 54.6 Å². The zero-order chi connectivity index (χ0) is 29.7. The van der Waals surface area contributed by atoms with Crippen molar-refractivity contribution in [1.29, 1.82) is 0 Å². The summed E-state index contributed by atoms with van der Waals surface area (Å²) in [6.07, 6.45) is -3.56. The highest BCUT2D eigenvalue weighted by molar-refractivity contribution is 5.84. The van der Waals surface area contributed by atoms with Crippen LogP contribution in [-0.4, -0.2) is 19.4 Å². The van der Waals surface area contributed by atoms with E-state index in [-0.39, 0.29) is 41.7 Å². The highest BCUT2D eigenvalue weighted by Crippen LogP contribution is 2.29. The molecular formula is C31H26F8O2. The Labute approximate surface area is 231 Å². The number of halogens is 8. The van der Waals surface area contributed by atoms with Crippen LogP contribution in [0.1, 0.15) is 35.6 Å². The number of aryl methyl sites for hydroxylation is 3. The van der Waals surface area contributed by atoms with Crippen molar-refractivity contribution >= 4 is 10.8 Å². The molecule has 0 aliphatic carbocycles. The summed E-state index contributed by atoms with van der Waals surface area (Å²) in [5, 5.41) is 0.866.